The van der Waals surface area contributed by atoms with Crippen LogP contribution < -0.4 is 19.1 Å². The highest BCUT2D eigenvalue weighted by atomic mass is 19.3. The Balaban J connectivity index is 0.863. The molecule has 1 amide bonds. The van der Waals surface area contributed by atoms with Gasteiger partial charge in [0.25, 0.3) is 11.8 Å². The highest BCUT2D eigenvalue weighted by molar-refractivity contribution is 5.95. The summed E-state index contributed by atoms with van der Waals surface area (Å²) in [7, 11) is 1.38. The molecule has 250 valence electrons. The van der Waals surface area contributed by atoms with E-state index in [0.29, 0.717) is 47.2 Å². The Bertz CT molecular complexity index is 1910. The van der Waals surface area contributed by atoms with Gasteiger partial charge in [-0.05, 0) is 43.2 Å². The lowest BCUT2D eigenvalue weighted by Crippen LogP contribution is -2.68. The number of alkyl halides is 2. The number of rotatable bonds is 7. The number of H-pyrrole nitrogens is 1. The van der Waals surface area contributed by atoms with Crippen molar-refractivity contribution in [2.45, 2.75) is 31.2 Å². The Morgan fingerprint density at radius 3 is 2.62 bits per heavy atom. The number of anilines is 1. The number of ether oxygens (including phenoxy) is 3. The number of piperazine rings is 1. The van der Waals surface area contributed by atoms with Crippen LogP contribution in [-0.2, 0) is 5.92 Å². The minimum absolute atomic E-state index is 0.0105. The maximum absolute atomic E-state index is 14.7. The Hall–Kier alpha value is -4.78. The van der Waals surface area contributed by atoms with Crippen molar-refractivity contribution in [2.75, 3.05) is 57.9 Å². The molecule has 2 aromatic heterocycles. The largest absolute Gasteiger partial charge is 0.493 e. The molecular weight excluding hydrogens is 627 g/mol. The summed E-state index contributed by atoms with van der Waals surface area (Å²) in [6, 6.07) is 10.2. The van der Waals surface area contributed by atoms with Crippen molar-refractivity contribution < 1.29 is 37.0 Å². The highest BCUT2D eigenvalue weighted by Crippen LogP contribution is 2.52. The molecule has 48 heavy (non-hydrogen) atoms. The predicted molar refractivity (Wildman–Crippen MR) is 170 cm³/mol. The maximum atomic E-state index is 14.7. The van der Waals surface area contributed by atoms with Gasteiger partial charge < -0.3 is 29.0 Å². The quantitative estimate of drug-likeness (QED) is 0.255. The van der Waals surface area contributed by atoms with Gasteiger partial charge in [-0.2, -0.15) is 0 Å². The van der Waals surface area contributed by atoms with Crippen molar-refractivity contribution in [3.63, 3.8) is 0 Å². The number of nitrogens with one attached hydrogen (secondary N) is 1. The Morgan fingerprint density at radius 2 is 1.88 bits per heavy atom. The van der Waals surface area contributed by atoms with Gasteiger partial charge in [0.15, 0.2) is 17.8 Å². The van der Waals surface area contributed by atoms with E-state index < -0.39 is 18.2 Å². The topological polar surface area (TPSA) is 100 Å². The number of nitrogens with zero attached hydrogens (tertiary/aromatic N) is 4. The molecule has 8 rings (SSSR count). The summed E-state index contributed by atoms with van der Waals surface area (Å²) in [5.74, 6) is -2.91. The zero-order chi connectivity index (χ0) is 33.2. The molecule has 1 N–H and O–H groups in total. The lowest BCUT2D eigenvalue weighted by Gasteiger charge is -2.62. The van der Waals surface area contributed by atoms with E-state index in [1.54, 1.807) is 17.0 Å². The SMILES string of the molecule is COc1cc(C(=O)N2CCN(C3CC4(C3)CN(c3ccc(C=O)c(Oc5cnc6[nH]cc(F)c6c5)c3)C4)CC2)cc2c1OCCC2(F)F. The number of carbonyl (C=O) groups excluding carboxylic acids is 2. The molecule has 2 aromatic carbocycles. The first-order valence-electron chi connectivity index (χ1n) is 16.1. The zero-order valence-corrected chi connectivity index (χ0v) is 26.3. The fourth-order valence-electron chi connectivity index (χ4n) is 7.63. The maximum Gasteiger partial charge on any atom is 0.280 e. The van der Waals surface area contributed by atoms with Crippen molar-refractivity contribution in [1.29, 1.82) is 0 Å². The molecular formula is C35H34F3N5O5. The van der Waals surface area contributed by atoms with Crippen LogP contribution in [-0.4, -0.2) is 91.0 Å². The summed E-state index contributed by atoms with van der Waals surface area (Å²) in [5.41, 5.74) is 1.86. The average Bonchev–Trinajstić information content (AvgIpc) is 3.42. The van der Waals surface area contributed by atoms with E-state index >= 15 is 0 Å². The number of aromatic nitrogens is 2. The first-order chi connectivity index (χ1) is 23.1. The first kappa shape index (κ1) is 30.5. The monoisotopic (exact) mass is 661 g/mol. The van der Waals surface area contributed by atoms with Gasteiger partial charge in [-0.3, -0.25) is 14.5 Å². The zero-order valence-electron chi connectivity index (χ0n) is 26.3. The number of hydrogen-bond acceptors (Lipinski definition) is 8. The molecule has 0 atom stereocenters. The second kappa shape index (κ2) is 11.4. The van der Waals surface area contributed by atoms with Crippen molar-refractivity contribution in [3.05, 3.63) is 71.3 Å². The fourth-order valence-corrected chi connectivity index (χ4v) is 7.63. The van der Waals surface area contributed by atoms with Gasteiger partial charge in [-0.1, -0.05) is 0 Å². The van der Waals surface area contributed by atoms with Crippen molar-refractivity contribution in [3.8, 4) is 23.0 Å². The van der Waals surface area contributed by atoms with Crippen molar-refractivity contribution >= 4 is 28.9 Å². The van der Waals surface area contributed by atoms with Crippen LogP contribution >= 0.6 is 0 Å². The second-order valence-electron chi connectivity index (χ2n) is 13.3. The van der Waals surface area contributed by atoms with Crippen molar-refractivity contribution in [2.24, 2.45) is 5.41 Å². The first-order valence-corrected chi connectivity index (χ1v) is 16.1. The summed E-state index contributed by atoms with van der Waals surface area (Å²) in [6.07, 6.45) is 5.14. The van der Waals surface area contributed by atoms with Crippen LogP contribution in [0.4, 0.5) is 18.9 Å². The van der Waals surface area contributed by atoms with Crippen LogP contribution in [0, 0.1) is 11.2 Å². The summed E-state index contributed by atoms with van der Waals surface area (Å²) < 4.78 is 60.2. The van der Waals surface area contributed by atoms with Gasteiger partial charge in [0, 0.05) is 74.2 Å². The molecule has 4 aromatic rings. The van der Waals surface area contributed by atoms with Crippen LogP contribution in [0.5, 0.6) is 23.0 Å². The van der Waals surface area contributed by atoms with Crippen LogP contribution in [0.1, 0.15) is 45.5 Å². The number of carbonyl (C=O) groups is 2. The molecule has 2 saturated heterocycles. The predicted octanol–water partition coefficient (Wildman–Crippen LogP) is 5.62. The molecule has 3 fully saturated rings. The van der Waals surface area contributed by atoms with E-state index in [4.69, 9.17) is 14.2 Å². The number of halogens is 3. The molecule has 1 spiro atoms. The fraction of sp³-hybridized carbons (Fsp3) is 0.400. The van der Waals surface area contributed by atoms with Gasteiger partial charge in [0.05, 0.1) is 42.8 Å². The van der Waals surface area contributed by atoms with Crippen LogP contribution in [0.25, 0.3) is 11.0 Å². The van der Waals surface area contributed by atoms with E-state index in [9.17, 15) is 22.8 Å². The number of aldehydes is 1. The summed E-state index contributed by atoms with van der Waals surface area (Å²) in [5, 5.41) is 0.312. The van der Waals surface area contributed by atoms with E-state index in [2.05, 4.69) is 19.8 Å². The van der Waals surface area contributed by atoms with Gasteiger partial charge in [0.1, 0.15) is 23.0 Å². The number of hydrogen-bond donors (Lipinski definition) is 1. The Kier molecular flexibility index (Phi) is 7.27. The summed E-state index contributed by atoms with van der Waals surface area (Å²) in [4.78, 5) is 38.5. The van der Waals surface area contributed by atoms with Crippen LogP contribution in [0.3, 0.4) is 0 Å². The minimum Gasteiger partial charge on any atom is -0.493 e. The highest BCUT2D eigenvalue weighted by Gasteiger charge is 2.54. The van der Waals surface area contributed by atoms with Crippen molar-refractivity contribution in [1.82, 2.24) is 19.8 Å². The normalized spacial score (nSPS) is 20.1. The molecule has 4 aliphatic rings. The molecule has 5 heterocycles. The molecule has 3 aliphatic heterocycles. The minimum atomic E-state index is -3.08. The number of amides is 1. The lowest BCUT2D eigenvalue weighted by molar-refractivity contribution is -0.0413. The smallest absolute Gasteiger partial charge is 0.280 e. The van der Waals surface area contributed by atoms with E-state index in [1.165, 1.54) is 31.6 Å². The molecule has 0 bridgehead atoms. The molecule has 1 aliphatic carbocycles. The summed E-state index contributed by atoms with van der Waals surface area (Å²) in [6.45, 7) is 4.15. The second-order valence-corrected chi connectivity index (χ2v) is 13.3. The molecule has 0 radical (unpaired) electrons. The van der Waals surface area contributed by atoms with E-state index in [1.807, 2.05) is 12.1 Å². The van der Waals surface area contributed by atoms with E-state index in [0.717, 1.165) is 51.0 Å². The molecule has 10 nitrogen and oxygen atoms in total. The van der Waals surface area contributed by atoms with Gasteiger partial charge >= 0.3 is 0 Å². The third-order valence-electron chi connectivity index (χ3n) is 10.3. The Morgan fingerprint density at radius 1 is 1.08 bits per heavy atom. The number of aromatic amines is 1. The molecule has 1 saturated carbocycles. The van der Waals surface area contributed by atoms with Crippen LogP contribution in [0.15, 0.2) is 48.8 Å². The van der Waals surface area contributed by atoms with Crippen LogP contribution in [0.2, 0.25) is 0 Å². The average molecular weight is 662 g/mol. The van der Waals surface area contributed by atoms with E-state index in [-0.39, 0.29) is 40.6 Å². The third kappa shape index (κ3) is 5.20. The number of pyridine rings is 1. The van der Waals surface area contributed by atoms with Gasteiger partial charge in [0.2, 0.25) is 0 Å². The number of benzene rings is 2. The Labute approximate surface area is 274 Å². The number of fused-ring (bicyclic) bond motifs is 2. The van der Waals surface area contributed by atoms with Gasteiger partial charge in [-0.25, -0.2) is 18.2 Å². The number of methoxy groups -OCH3 is 1. The molecule has 13 heteroatoms. The summed E-state index contributed by atoms with van der Waals surface area (Å²) >= 11 is 0. The standard InChI is InChI=1S/C35H34F3N5O5/c1-46-30-11-22(10-27-31(30)47-9-4-35(27,37)38)33(45)42-7-5-41(6-8-42)24-14-34(15-24)19-43(20-34)23-3-2-21(18-44)29(12-23)48-25-13-26-28(36)17-40-32(26)39-16-25/h2-3,10-13,16-18,24H,4-9,14-15,19-20H2,1H3,(H,39,40). The lowest BCUT2D eigenvalue weighted by atomic mass is 9.60. The molecule has 0 unspecified atom stereocenters. The third-order valence-corrected chi connectivity index (χ3v) is 10.3. The van der Waals surface area contributed by atoms with Gasteiger partial charge in [-0.15, -0.1) is 0 Å².